The Labute approximate surface area is 130 Å². The lowest BCUT2D eigenvalue weighted by Crippen LogP contribution is -2.42. The molecule has 1 N–H and O–H groups in total. The number of hydrogen-bond donors (Lipinski definition) is 1. The Hall–Kier alpha value is -2.30. The van der Waals surface area contributed by atoms with Gasteiger partial charge in [-0.2, -0.15) is 0 Å². The van der Waals surface area contributed by atoms with Crippen LogP contribution in [0.5, 0.6) is 0 Å². The maximum atomic E-state index is 12.0. The van der Waals surface area contributed by atoms with E-state index in [1.807, 2.05) is 42.2 Å². The summed E-state index contributed by atoms with van der Waals surface area (Å²) in [7, 11) is 0. The minimum absolute atomic E-state index is 0.0204. The van der Waals surface area contributed by atoms with Crippen molar-refractivity contribution < 1.29 is 9.32 Å². The van der Waals surface area contributed by atoms with E-state index in [2.05, 4.69) is 10.5 Å². The highest BCUT2D eigenvalue weighted by atomic mass is 16.5. The van der Waals surface area contributed by atoms with Crippen molar-refractivity contribution in [3.8, 4) is 11.3 Å². The fourth-order valence-electron chi connectivity index (χ4n) is 2.63. The summed E-state index contributed by atoms with van der Waals surface area (Å²) in [5, 5.41) is 6.96. The summed E-state index contributed by atoms with van der Waals surface area (Å²) in [5.41, 5.74) is 3.02. The van der Waals surface area contributed by atoms with Crippen molar-refractivity contribution in [2.75, 3.05) is 13.1 Å². The van der Waals surface area contributed by atoms with Crippen LogP contribution in [0, 0.1) is 6.92 Å². The molecule has 0 saturated carbocycles. The smallest absolute Gasteiger partial charge is 0.317 e. The average molecular weight is 299 g/mol. The standard InChI is InChI=1S/C17H21N3O2/c1-13-5-7-14(8-6-13)16-11-15(22-19-16)12-18-17(21)20-9-3-2-4-10-20/h5-8,11H,2-4,9-10,12H2,1H3,(H,18,21). The van der Waals surface area contributed by atoms with Gasteiger partial charge in [0.05, 0.1) is 6.54 Å². The number of carbonyl (C=O) groups excluding carboxylic acids is 1. The number of nitrogens with one attached hydrogen (secondary N) is 1. The van der Waals surface area contributed by atoms with E-state index in [1.165, 1.54) is 12.0 Å². The minimum Gasteiger partial charge on any atom is -0.359 e. The van der Waals surface area contributed by atoms with Crippen molar-refractivity contribution in [3.05, 3.63) is 41.7 Å². The number of carbonyl (C=O) groups is 1. The highest BCUT2D eigenvalue weighted by molar-refractivity contribution is 5.74. The van der Waals surface area contributed by atoms with Crippen LogP contribution in [0.15, 0.2) is 34.9 Å². The van der Waals surface area contributed by atoms with E-state index in [9.17, 15) is 4.79 Å². The number of aryl methyl sites for hydroxylation is 1. The van der Waals surface area contributed by atoms with E-state index in [0.717, 1.165) is 37.2 Å². The molecule has 2 amide bonds. The average Bonchev–Trinajstić information content (AvgIpc) is 3.03. The molecule has 0 radical (unpaired) electrons. The first kappa shape index (κ1) is 14.6. The van der Waals surface area contributed by atoms with Gasteiger partial charge in [-0.3, -0.25) is 0 Å². The molecule has 2 heterocycles. The topological polar surface area (TPSA) is 58.4 Å². The zero-order valence-corrected chi connectivity index (χ0v) is 12.8. The third kappa shape index (κ3) is 3.47. The van der Waals surface area contributed by atoms with E-state index in [-0.39, 0.29) is 6.03 Å². The number of likely N-dealkylation sites (tertiary alicyclic amines) is 1. The third-order valence-corrected chi connectivity index (χ3v) is 3.96. The van der Waals surface area contributed by atoms with Crippen LogP contribution < -0.4 is 5.32 Å². The zero-order chi connectivity index (χ0) is 15.4. The molecule has 3 rings (SSSR count). The maximum absolute atomic E-state index is 12.0. The zero-order valence-electron chi connectivity index (χ0n) is 12.8. The second kappa shape index (κ2) is 6.64. The van der Waals surface area contributed by atoms with Gasteiger partial charge >= 0.3 is 6.03 Å². The van der Waals surface area contributed by atoms with E-state index >= 15 is 0 Å². The van der Waals surface area contributed by atoms with Gasteiger partial charge in [0.1, 0.15) is 5.69 Å². The number of amides is 2. The van der Waals surface area contributed by atoms with Gasteiger partial charge in [0.25, 0.3) is 0 Å². The van der Waals surface area contributed by atoms with Gasteiger partial charge in [0.15, 0.2) is 5.76 Å². The summed E-state index contributed by atoms with van der Waals surface area (Å²) in [6.07, 6.45) is 3.40. The van der Waals surface area contributed by atoms with E-state index in [4.69, 9.17) is 4.52 Å². The normalized spacial score (nSPS) is 14.9. The largest absolute Gasteiger partial charge is 0.359 e. The Morgan fingerprint density at radius 2 is 1.95 bits per heavy atom. The molecule has 5 nitrogen and oxygen atoms in total. The van der Waals surface area contributed by atoms with Crippen molar-refractivity contribution in [1.29, 1.82) is 0 Å². The van der Waals surface area contributed by atoms with Crippen molar-refractivity contribution >= 4 is 6.03 Å². The van der Waals surface area contributed by atoms with Gasteiger partial charge in [-0.15, -0.1) is 0 Å². The lowest BCUT2D eigenvalue weighted by molar-refractivity contribution is 0.185. The second-order valence-electron chi connectivity index (χ2n) is 5.75. The Morgan fingerprint density at radius 1 is 1.23 bits per heavy atom. The van der Waals surface area contributed by atoms with Crippen molar-refractivity contribution in [3.63, 3.8) is 0 Å². The number of aromatic nitrogens is 1. The number of piperidine rings is 1. The monoisotopic (exact) mass is 299 g/mol. The molecule has 0 unspecified atom stereocenters. The Kier molecular flexibility index (Phi) is 4.42. The number of hydrogen-bond acceptors (Lipinski definition) is 3. The molecule has 1 fully saturated rings. The Morgan fingerprint density at radius 3 is 2.68 bits per heavy atom. The highest BCUT2D eigenvalue weighted by Crippen LogP contribution is 2.19. The Balaban J connectivity index is 1.57. The molecule has 1 saturated heterocycles. The van der Waals surface area contributed by atoms with Crippen LogP contribution in [0.3, 0.4) is 0 Å². The fourth-order valence-corrected chi connectivity index (χ4v) is 2.63. The summed E-state index contributed by atoms with van der Waals surface area (Å²) in [6.45, 7) is 4.11. The molecule has 1 aromatic heterocycles. The predicted molar refractivity (Wildman–Crippen MR) is 84.3 cm³/mol. The molecule has 0 aliphatic carbocycles. The van der Waals surface area contributed by atoms with E-state index in [0.29, 0.717) is 12.3 Å². The summed E-state index contributed by atoms with van der Waals surface area (Å²) in [5.74, 6) is 0.668. The first-order chi connectivity index (χ1) is 10.7. The van der Waals surface area contributed by atoms with Crippen LogP contribution in [0.25, 0.3) is 11.3 Å². The first-order valence-electron chi connectivity index (χ1n) is 7.78. The predicted octanol–water partition coefficient (Wildman–Crippen LogP) is 3.35. The molecular weight excluding hydrogens is 278 g/mol. The van der Waals surface area contributed by atoms with Crippen molar-refractivity contribution in [2.24, 2.45) is 0 Å². The summed E-state index contributed by atoms with van der Waals surface area (Å²) >= 11 is 0. The van der Waals surface area contributed by atoms with Crippen LogP contribution in [0.2, 0.25) is 0 Å². The maximum Gasteiger partial charge on any atom is 0.317 e. The highest BCUT2D eigenvalue weighted by Gasteiger charge is 2.16. The number of urea groups is 1. The van der Waals surface area contributed by atoms with E-state index < -0.39 is 0 Å². The van der Waals surface area contributed by atoms with Crippen LogP contribution >= 0.6 is 0 Å². The molecule has 1 aliphatic rings. The fraction of sp³-hybridized carbons (Fsp3) is 0.412. The van der Waals surface area contributed by atoms with Crippen molar-refractivity contribution in [1.82, 2.24) is 15.4 Å². The number of benzene rings is 1. The van der Waals surface area contributed by atoms with Crippen LogP contribution in [-0.2, 0) is 6.54 Å². The summed E-state index contributed by atoms with van der Waals surface area (Å²) in [6, 6.07) is 9.98. The Bertz CT molecular complexity index is 628. The molecule has 0 spiro atoms. The molecule has 0 atom stereocenters. The van der Waals surface area contributed by atoms with Gasteiger partial charge in [-0.25, -0.2) is 4.79 Å². The van der Waals surface area contributed by atoms with Gasteiger partial charge in [0.2, 0.25) is 0 Å². The van der Waals surface area contributed by atoms with Gasteiger partial charge in [0, 0.05) is 24.7 Å². The molecule has 2 aromatic rings. The lowest BCUT2D eigenvalue weighted by Gasteiger charge is -2.26. The summed E-state index contributed by atoms with van der Waals surface area (Å²) < 4.78 is 5.30. The van der Waals surface area contributed by atoms with Crippen molar-refractivity contribution in [2.45, 2.75) is 32.7 Å². The molecular formula is C17H21N3O2. The minimum atomic E-state index is -0.0204. The van der Waals surface area contributed by atoms with E-state index in [1.54, 1.807) is 0 Å². The second-order valence-corrected chi connectivity index (χ2v) is 5.75. The van der Waals surface area contributed by atoms with Gasteiger partial charge in [-0.05, 0) is 26.2 Å². The molecule has 1 aliphatic heterocycles. The van der Waals surface area contributed by atoms with Gasteiger partial charge in [-0.1, -0.05) is 35.0 Å². The molecule has 116 valence electrons. The van der Waals surface area contributed by atoms with Gasteiger partial charge < -0.3 is 14.7 Å². The molecule has 1 aromatic carbocycles. The number of nitrogens with zero attached hydrogens (tertiary/aromatic N) is 2. The third-order valence-electron chi connectivity index (χ3n) is 3.96. The van der Waals surface area contributed by atoms with Crippen LogP contribution in [0.4, 0.5) is 4.79 Å². The summed E-state index contributed by atoms with van der Waals surface area (Å²) in [4.78, 5) is 13.9. The first-order valence-corrected chi connectivity index (χ1v) is 7.78. The molecule has 22 heavy (non-hydrogen) atoms. The molecule has 5 heteroatoms. The lowest BCUT2D eigenvalue weighted by atomic mass is 10.1. The molecule has 0 bridgehead atoms. The van der Waals surface area contributed by atoms with Crippen LogP contribution in [-0.4, -0.2) is 29.2 Å². The SMILES string of the molecule is Cc1ccc(-c2cc(CNC(=O)N3CCCCC3)on2)cc1. The quantitative estimate of drug-likeness (QED) is 0.945. The number of rotatable bonds is 3. The van der Waals surface area contributed by atoms with Crippen LogP contribution in [0.1, 0.15) is 30.6 Å².